The number of ether oxygens (including phenoxy) is 1. The first-order valence-electron chi connectivity index (χ1n) is 12.1. The summed E-state index contributed by atoms with van der Waals surface area (Å²) in [5.41, 5.74) is 1.23. The highest BCUT2D eigenvalue weighted by atomic mass is 32.2. The van der Waals surface area contributed by atoms with Crippen LogP contribution in [-0.2, 0) is 9.53 Å². The second-order valence-corrected chi connectivity index (χ2v) is 9.99. The van der Waals surface area contributed by atoms with Gasteiger partial charge in [0.2, 0.25) is 5.91 Å². The van der Waals surface area contributed by atoms with Crippen LogP contribution in [0.15, 0.2) is 46.3 Å². The summed E-state index contributed by atoms with van der Waals surface area (Å²) in [4.78, 5) is 29.8. The lowest BCUT2D eigenvalue weighted by Crippen LogP contribution is -2.50. The number of rotatable bonds is 6. The molecule has 4 rings (SSSR count). The van der Waals surface area contributed by atoms with Gasteiger partial charge in [-0.3, -0.25) is 4.79 Å². The van der Waals surface area contributed by atoms with Crippen molar-refractivity contribution in [2.45, 2.75) is 55.5 Å². The van der Waals surface area contributed by atoms with Gasteiger partial charge in [0, 0.05) is 37.1 Å². The normalized spacial score (nSPS) is 19.1. The number of nitrogens with zero attached hydrogens (tertiary/aromatic N) is 4. The van der Waals surface area contributed by atoms with Gasteiger partial charge in [0.15, 0.2) is 5.82 Å². The van der Waals surface area contributed by atoms with Gasteiger partial charge in [-0.05, 0) is 63.8 Å². The first kappa shape index (κ1) is 24.3. The van der Waals surface area contributed by atoms with E-state index in [1.54, 1.807) is 16.7 Å². The van der Waals surface area contributed by atoms with Crippen LogP contribution in [0.4, 0.5) is 10.6 Å². The predicted molar refractivity (Wildman–Crippen MR) is 132 cm³/mol. The topological polar surface area (TPSA) is 87.7 Å². The summed E-state index contributed by atoms with van der Waals surface area (Å²) in [5, 5.41) is 12.9. The van der Waals surface area contributed by atoms with Gasteiger partial charge in [0.05, 0.1) is 12.5 Å². The minimum Gasteiger partial charge on any atom is -0.450 e. The van der Waals surface area contributed by atoms with E-state index in [4.69, 9.17) is 4.74 Å². The zero-order chi connectivity index (χ0) is 23.9. The molecule has 2 fully saturated rings. The minimum atomic E-state index is -0.264. The molecule has 0 spiro atoms. The van der Waals surface area contributed by atoms with Crippen LogP contribution in [0.5, 0.6) is 0 Å². The second-order valence-electron chi connectivity index (χ2n) is 8.90. The minimum absolute atomic E-state index is 0.0692. The number of likely N-dealkylation sites (tertiary alicyclic amines) is 1. The molecule has 2 amide bonds. The summed E-state index contributed by atoms with van der Waals surface area (Å²) in [7, 11) is 0. The van der Waals surface area contributed by atoms with Crippen LogP contribution < -0.4 is 10.2 Å². The molecular formula is C25H33N5O3S. The summed E-state index contributed by atoms with van der Waals surface area (Å²) in [6.07, 6.45) is 3.07. The molecule has 1 aromatic heterocycles. The van der Waals surface area contributed by atoms with Gasteiger partial charge in [0.25, 0.3) is 0 Å². The largest absolute Gasteiger partial charge is 0.450 e. The van der Waals surface area contributed by atoms with E-state index in [2.05, 4.69) is 51.6 Å². The van der Waals surface area contributed by atoms with Crippen molar-refractivity contribution in [2.24, 2.45) is 5.92 Å². The SMILES string of the molecule is CCOC(=O)N1CCC(NC(=O)[C@H]2CCCN(c3ccc(Sc4ccc(C)cc4)nn3)C2)CC1. The zero-order valence-electron chi connectivity index (χ0n) is 19.9. The molecule has 1 atom stereocenters. The second kappa shape index (κ2) is 11.6. The van der Waals surface area contributed by atoms with Gasteiger partial charge in [-0.15, -0.1) is 10.2 Å². The quantitative estimate of drug-likeness (QED) is 0.667. The predicted octanol–water partition coefficient (Wildman–Crippen LogP) is 3.89. The first-order chi connectivity index (χ1) is 16.5. The van der Waals surface area contributed by atoms with Gasteiger partial charge < -0.3 is 19.9 Å². The molecule has 1 N–H and O–H groups in total. The van der Waals surface area contributed by atoms with Gasteiger partial charge in [0.1, 0.15) is 5.03 Å². The lowest BCUT2D eigenvalue weighted by molar-refractivity contribution is -0.126. The number of aromatic nitrogens is 2. The van der Waals surface area contributed by atoms with Crippen molar-refractivity contribution in [1.29, 1.82) is 0 Å². The standard InChI is InChI=1S/C25H33N5O3S/c1-3-33-25(32)29-15-12-20(13-16-29)26-24(31)19-5-4-14-30(17-19)22-10-11-23(28-27-22)34-21-8-6-18(2)7-9-21/h6-11,19-20H,3-5,12-17H2,1-2H3,(H,26,31)/t19-/m0/s1. The van der Waals surface area contributed by atoms with E-state index < -0.39 is 0 Å². The third kappa shape index (κ3) is 6.40. The Morgan fingerprint density at radius 2 is 1.82 bits per heavy atom. The van der Waals surface area contributed by atoms with Gasteiger partial charge >= 0.3 is 6.09 Å². The van der Waals surface area contributed by atoms with E-state index in [1.807, 2.05) is 19.1 Å². The number of carbonyl (C=O) groups excluding carboxylic acids is 2. The van der Waals surface area contributed by atoms with Crippen LogP contribution >= 0.6 is 11.8 Å². The Kier molecular flexibility index (Phi) is 8.26. The fourth-order valence-corrected chi connectivity index (χ4v) is 5.13. The Labute approximate surface area is 205 Å². The Bertz CT molecular complexity index is 962. The van der Waals surface area contributed by atoms with Crippen LogP contribution in [0.25, 0.3) is 0 Å². The number of carbonyl (C=O) groups is 2. The Morgan fingerprint density at radius 1 is 1.06 bits per heavy atom. The van der Waals surface area contributed by atoms with E-state index in [9.17, 15) is 9.59 Å². The molecule has 9 heteroatoms. The molecule has 0 saturated carbocycles. The Balaban J connectivity index is 1.27. The fraction of sp³-hybridized carbons (Fsp3) is 0.520. The molecule has 3 heterocycles. The van der Waals surface area contributed by atoms with E-state index >= 15 is 0 Å². The maximum absolute atomic E-state index is 13.0. The summed E-state index contributed by atoms with van der Waals surface area (Å²) in [6, 6.07) is 12.4. The molecule has 0 aliphatic carbocycles. The summed E-state index contributed by atoms with van der Waals surface area (Å²) in [5.74, 6) is 0.840. The molecular weight excluding hydrogens is 450 g/mol. The highest BCUT2D eigenvalue weighted by molar-refractivity contribution is 7.99. The van der Waals surface area contributed by atoms with E-state index in [0.29, 0.717) is 26.2 Å². The summed E-state index contributed by atoms with van der Waals surface area (Å²) >= 11 is 1.59. The zero-order valence-corrected chi connectivity index (χ0v) is 20.7. The molecule has 34 heavy (non-hydrogen) atoms. The third-order valence-corrected chi connectivity index (χ3v) is 7.29. The molecule has 2 aliphatic heterocycles. The fourth-order valence-electron chi connectivity index (χ4n) is 4.40. The molecule has 2 aliphatic rings. The maximum Gasteiger partial charge on any atom is 0.409 e. The lowest BCUT2D eigenvalue weighted by Gasteiger charge is -2.35. The summed E-state index contributed by atoms with van der Waals surface area (Å²) < 4.78 is 5.07. The number of nitrogens with one attached hydrogen (secondary N) is 1. The molecule has 8 nitrogen and oxygen atoms in total. The van der Waals surface area contributed by atoms with Gasteiger partial charge in [-0.1, -0.05) is 29.5 Å². The number of benzene rings is 1. The van der Waals surface area contributed by atoms with Crippen molar-refractivity contribution >= 4 is 29.6 Å². The van der Waals surface area contributed by atoms with Crippen LogP contribution in [0.1, 0.15) is 38.2 Å². The highest BCUT2D eigenvalue weighted by Gasteiger charge is 2.30. The molecule has 0 unspecified atom stereocenters. The average molecular weight is 484 g/mol. The summed E-state index contributed by atoms with van der Waals surface area (Å²) in [6.45, 7) is 7.01. The Hall–Kier alpha value is -2.81. The van der Waals surface area contributed by atoms with Gasteiger partial charge in [-0.25, -0.2) is 4.79 Å². The number of aryl methyl sites for hydroxylation is 1. The van der Waals surface area contributed by atoms with Crippen molar-refractivity contribution in [3.8, 4) is 0 Å². The number of hydrogen-bond donors (Lipinski definition) is 1. The van der Waals surface area contributed by atoms with Crippen LogP contribution in [0.3, 0.4) is 0 Å². The van der Waals surface area contributed by atoms with E-state index in [-0.39, 0.29) is 24.0 Å². The molecule has 0 bridgehead atoms. The molecule has 2 saturated heterocycles. The molecule has 2 aromatic rings. The van der Waals surface area contributed by atoms with Crippen LogP contribution in [0, 0.1) is 12.8 Å². The molecule has 182 valence electrons. The van der Waals surface area contributed by atoms with Gasteiger partial charge in [-0.2, -0.15) is 0 Å². The van der Waals surface area contributed by atoms with Crippen molar-refractivity contribution in [1.82, 2.24) is 20.4 Å². The smallest absolute Gasteiger partial charge is 0.409 e. The van der Waals surface area contributed by atoms with Crippen LogP contribution in [-0.4, -0.2) is 65.9 Å². The van der Waals surface area contributed by atoms with E-state index in [1.165, 1.54) is 5.56 Å². The Morgan fingerprint density at radius 3 is 2.50 bits per heavy atom. The number of piperidine rings is 2. The van der Waals surface area contributed by atoms with Crippen molar-refractivity contribution in [2.75, 3.05) is 37.7 Å². The monoisotopic (exact) mass is 483 g/mol. The number of hydrogen-bond acceptors (Lipinski definition) is 7. The van der Waals surface area contributed by atoms with Crippen molar-refractivity contribution < 1.29 is 14.3 Å². The van der Waals surface area contributed by atoms with Crippen LogP contribution in [0.2, 0.25) is 0 Å². The number of anilines is 1. The average Bonchev–Trinajstić information content (AvgIpc) is 2.86. The van der Waals surface area contributed by atoms with Crippen molar-refractivity contribution in [3.63, 3.8) is 0 Å². The van der Waals surface area contributed by atoms with E-state index in [0.717, 1.165) is 48.0 Å². The lowest BCUT2D eigenvalue weighted by atomic mass is 9.96. The highest BCUT2D eigenvalue weighted by Crippen LogP contribution is 2.28. The molecule has 1 aromatic carbocycles. The number of amides is 2. The van der Waals surface area contributed by atoms with Crippen molar-refractivity contribution in [3.05, 3.63) is 42.0 Å². The first-order valence-corrected chi connectivity index (χ1v) is 12.9. The molecule has 0 radical (unpaired) electrons. The third-order valence-electron chi connectivity index (χ3n) is 6.35. The maximum atomic E-state index is 13.0.